The molecule has 0 bridgehead atoms. The summed E-state index contributed by atoms with van der Waals surface area (Å²) in [5, 5.41) is 16.6. The van der Waals surface area contributed by atoms with Gasteiger partial charge >= 0.3 is 0 Å². The number of anilines is 2. The van der Waals surface area contributed by atoms with Crippen LogP contribution in [0.1, 0.15) is 41.6 Å². The summed E-state index contributed by atoms with van der Waals surface area (Å²) in [6, 6.07) is 4.85. The van der Waals surface area contributed by atoms with Crippen molar-refractivity contribution in [2.24, 2.45) is 0 Å². The SMILES string of the molecule is Nc1ncc(CNc2cc(C(=O)N[C@H]3CCCC[C@@H]3O)ccc2Cl)cn1. The zero-order valence-electron chi connectivity index (χ0n) is 14.3. The number of aromatic nitrogens is 2. The maximum absolute atomic E-state index is 12.5. The number of carbonyl (C=O) groups excluding carboxylic acids is 1. The van der Waals surface area contributed by atoms with Crippen LogP contribution >= 0.6 is 11.6 Å². The second kappa shape index (κ2) is 8.33. The van der Waals surface area contributed by atoms with Crippen molar-refractivity contribution in [1.82, 2.24) is 15.3 Å². The minimum atomic E-state index is -0.483. The Bertz CT molecular complexity index is 769. The summed E-state index contributed by atoms with van der Waals surface area (Å²) in [6.07, 6.45) is 6.30. The number of rotatable bonds is 5. The molecule has 1 aromatic carbocycles. The van der Waals surface area contributed by atoms with E-state index in [0.29, 0.717) is 22.8 Å². The van der Waals surface area contributed by atoms with Crippen molar-refractivity contribution in [1.29, 1.82) is 0 Å². The van der Waals surface area contributed by atoms with E-state index in [9.17, 15) is 9.90 Å². The normalized spacial score (nSPS) is 19.8. The zero-order chi connectivity index (χ0) is 18.5. The fraction of sp³-hybridized carbons (Fsp3) is 0.389. The quantitative estimate of drug-likeness (QED) is 0.638. The van der Waals surface area contributed by atoms with E-state index in [1.54, 1.807) is 30.6 Å². The molecule has 0 radical (unpaired) electrons. The topological polar surface area (TPSA) is 113 Å². The van der Waals surface area contributed by atoms with Gasteiger partial charge in [0.25, 0.3) is 5.91 Å². The molecule has 1 amide bonds. The summed E-state index contributed by atoms with van der Waals surface area (Å²) in [4.78, 5) is 20.4. The molecule has 138 valence electrons. The molecule has 0 spiro atoms. The summed E-state index contributed by atoms with van der Waals surface area (Å²) in [7, 11) is 0. The summed E-state index contributed by atoms with van der Waals surface area (Å²) in [6.45, 7) is 0.451. The summed E-state index contributed by atoms with van der Waals surface area (Å²) in [5.41, 5.74) is 7.44. The number of aliphatic hydroxyl groups excluding tert-OH is 1. The second-order valence-electron chi connectivity index (χ2n) is 6.43. The van der Waals surface area contributed by atoms with Crippen LogP contribution in [-0.2, 0) is 6.54 Å². The Kier molecular flexibility index (Phi) is 5.90. The molecule has 2 aromatic rings. The number of benzene rings is 1. The van der Waals surface area contributed by atoms with Crippen molar-refractivity contribution in [2.45, 2.75) is 44.4 Å². The molecule has 3 rings (SSSR count). The number of nitrogens with one attached hydrogen (secondary N) is 2. The van der Waals surface area contributed by atoms with Gasteiger partial charge in [-0.3, -0.25) is 4.79 Å². The molecule has 1 heterocycles. The lowest BCUT2D eigenvalue weighted by Crippen LogP contribution is -2.45. The van der Waals surface area contributed by atoms with Gasteiger partial charge in [0.15, 0.2) is 0 Å². The van der Waals surface area contributed by atoms with Crippen LogP contribution in [0.3, 0.4) is 0 Å². The lowest BCUT2D eigenvalue weighted by molar-refractivity contribution is 0.0717. The van der Waals surface area contributed by atoms with Crippen LogP contribution in [0.25, 0.3) is 0 Å². The smallest absolute Gasteiger partial charge is 0.251 e. The average Bonchev–Trinajstić information content (AvgIpc) is 2.64. The minimum Gasteiger partial charge on any atom is -0.391 e. The van der Waals surface area contributed by atoms with Crippen molar-refractivity contribution < 1.29 is 9.90 Å². The number of hydrogen-bond acceptors (Lipinski definition) is 6. The lowest BCUT2D eigenvalue weighted by Gasteiger charge is -2.28. The number of aliphatic hydroxyl groups is 1. The zero-order valence-corrected chi connectivity index (χ0v) is 15.0. The van der Waals surface area contributed by atoms with E-state index in [2.05, 4.69) is 20.6 Å². The van der Waals surface area contributed by atoms with Crippen molar-refractivity contribution >= 4 is 29.1 Å². The molecule has 5 N–H and O–H groups in total. The minimum absolute atomic E-state index is 0.199. The first-order valence-corrected chi connectivity index (χ1v) is 8.99. The molecule has 0 saturated heterocycles. The molecule has 2 atom stereocenters. The van der Waals surface area contributed by atoms with Gasteiger partial charge in [-0.15, -0.1) is 0 Å². The Hall–Kier alpha value is -2.38. The first-order valence-electron chi connectivity index (χ1n) is 8.61. The first kappa shape index (κ1) is 18.4. The molecule has 1 aliphatic carbocycles. The first-order chi connectivity index (χ1) is 12.5. The molecule has 0 aliphatic heterocycles. The van der Waals surface area contributed by atoms with Gasteiger partial charge in [-0.1, -0.05) is 24.4 Å². The fourth-order valence-corrected chi connectivity index (χ4v) is 3.17. The Labute approximate surface area is 157 Å². The van der Waals surface area contributed by atoms with Gasteiger partial charge in [-0.2, -0.15) is 0 Å². The van der Waals surface area contributed by atoms with E-state index < -0.39 is 6.10 Å². The maximum Gasteiger partial charge on any atom is 0.251 e. The number of nitrogen functional groups attached to an aromatic ring is 1. The van der Waals surface area contributed by atoms with Gasteiger partial charge in [-0.25, -0.2) is 9.97 Å². The van der Waals surface area contributed by atoms with Gasteiger partial charge in [0.05, 0.1) is 22.9 Å². The molecule has 1 aromatic heterocycles. The van der Waals surface area contributed by atoms with Crippen molar-refractivity contribution in [3.8, 4) is 0 Å². The number of hydrogen-bond donors (Lipinski definition) is 4. The van der Waals surface area contributed by atoms with Crippen molar-refractivity contribution in [2.75, 3.05) is 11.1 Å². The Balaban J connectivity index is 1.66. The highest BCUT2D eigenvalue weighted by Crippen LogP contribution is 2.24. The van der Waals surface area contributed by atoms with Crippen LogP contribution in [-0.4, -0.2) is 33.1 Å². The summed E-state index contributed by atoms with van der Waals surface area (Å²) >= 11 is 6.22. The van der Waals surface area contributed by atoms with E-state index in [-0.39, 0.29) is 17.9 Å². The highest BCUT2D eigenvalue weighted by atomic mass is 35.5. The lowest BCUT2D eigenvalue weighted by atomic mass is 9.92. The Morgan fingerprint density at radius 2 is 2.00 bits per heavy atom. The van der Waals surface area contributed by atoms with Crippen LogP contribution in [0.15, 0.2) is 30.6 Å². The number of nitrogens with two attached hydrogens (primary N) is 1. The molecule has 0 unspecified atom stereocenters. The van der Waals surface area contributed by atoms with E-state index >= 15 is 0 Å². The molecular formula is C18H22ClN5O2. The molecule has 1 saturated carbocycles. The number of halogens is 1. The maximum atomic E-state index is 12.5. The predicted molar refractivity (Wildman–Crippen MR) is 101 cm³/mol. The second-order valence-corrected chi connectivity index (χ2v) is 6.84. The van der Waals surface area contributed by atoms with Crippen molar-refractivity contribution in [3.05, 3.63) is 46.7 Å². The molecule has 26 heavy (non-hydrogen) atoms. The van der Waals surface area contributed by atoms with E-state index in [4.69, 9.17) is 17.3 Å². The molecule has 1 fully saturated rings. The molecular weight excluding hydrogens is 354 g/mol. The monoisotopic (exact) mass is 375 g/mol. The number of amides is 1. The van der Waals surface area contributed by atoms with Gasteiger partial charge in [0, 0.05) is 30.1 Å². The Morgan fingerprint density at radius 3 is 2.73 bits per heavy atom. The van der Waals surface area contributed by atoms with Crippen LogP contribution in [0, 0.1) is 0 Å². The van der Waals surface area contributed by atoms with Crippen LogP contribution < -0.4 is 16.4 Å². The largest absolute Gasteiger partial charge is 0.391 e. The highest BCUT2D eigenvalue weighted by molar-refractivity contribution is 6.33. The third-order valence-corrected chi connectivity index (χ3v) is 4.81. The van der Waals surface area contributed by atoms with Gasteiger partial charge < -0.3 is 21.5 Å². The van der Waals surface area contributed by atoms with Crippen LogP contribution in [0.4, 0.5) is 11.6 Å². The van der Waals surface area contributed by atoms with E-state index in [0.717, 1.165) is 31.2 Å². The van der Waals surface area contributed by atoms with Crippen LogP contribution in [0.2, 0.25) is 5.02 Å². The van der Waals surface area contributed by atoms with Gasteiger partial charge in [0.2, 0.25) is 5.95 Å². The number of nitrogens with zero attached hydrogens (tertiary/aromatic N) is 2. The number of carbonyl (C=O) groups is 1. The fourth-order valence-electron chi connectivity index (χ4n) is 2.99. The summed E-state index contributed by atoms with van der Waals surface area (Å²) < 4.78 is 0. The third-order valence-electron chi connectivity index (χ3n) is 4.48. The predicted octanol–water partition coefficient (Wildman–Crippen LogP) is 2.36. The average molecular weight is 376 g/mol. The van der Waals surface area contributed by atoms with E-state index in [1.165, 1.54) is 0 Å². The standard InChI is InChI=1S/C18H22ClN5O2/c19-13-6-5-12(17(26)24-14-3-1-2-4-16(14)25)7-15(13)21-8-11-9-22-18(20)23-10-11/h5-7,9-10,14,16,21,25H,1-4,8H2,(H,24,26)(H2,20,22,23)/t14-,16-/m0/s1. The molecule has 7 nitrogen and oxygen atoms in total. The molecule has 8 heteroatoms. The Morgan fingerprint density at radius 1 is 1.27 bits per heavy atom. The third kappa shape index (κ3) is 4.62. The van der Waals surface area contributed by atoms with Crippen LogP contribution in [0.5, 0.6) is 0 Å². The highest BCUT2D eigenvalue weighted by Gasteiger charge is 2.25. The van der Waals surface area contributed by atoms with Gasteiger partial charge in [0.1, 0.15) is 0 Å². The summed E-state index contributed by atoms with van der Waals surface area (Å²) in [5.74, 6) is 0.00170. The van der Waals surface area contributed by atoms with Gasteiger partial charge in [-0.05, 0) is 31.0 Å². The molecule has 1 aliphatic rings. The van der Waals surface area contributed by atoms with E-state index in [1.807, 2.05) is 0 Å². The van der Waals surface area contributed by atoms with Crippen molar-refractivity contribution in [3.63, 3.8) is 0 Å².